The quantitative estimate of drug-likeness (QED) is 0.853. The molecule has 1 N–H and O–H groups in total. The van der Waals surface area contributed by atoms with Gasteiger partial charge in [0.15, 0.2) is 0 Å². The van der Waals surface area contributed by atoms with Crippen LogP contribution in [-0.2, 0) is 9.59 Å². The molecule has 0 bridgehead atoms. The van der Waals surface area contributed by atoms with Crippen LogP contribution in [0.25, 0.3) is 0 Å². The van der Waals surface area contributed by atoms with Crippen LogP contribution >= 0.6 is 27.3 Å². The summed E-state index contributed by atoms with van der Waals surface area (Å²) in [6.07, 6.45) is 0.393. The summed E-state index contributed by atoms with van der Waals surface area (Å²) in [6, 6.07) is 0. The lowest BCUT2D eigenvalue weighted by atomic mass is 9.75. The molecule has 92 valence electrons. The zero-order valence-corrected chi connectivity index (χ0v) is 12.1. The van der Waals surface area contributed by atoms with Crippen molar-refractivity contribution >= 4 is 39.1 Å². The molecule has 1 fully saturated rings. The van der Waals surface area contributed by atoms with Crippen molar-refractivity contribution in [2.75, 3.05) is 0 Å². The van der Waals surface area contributed by atoms with Crippen molar-refractivity contribution in [1.29, 1.82) is 0 Å². The third-order valence-electron chi connectivity index (χ3n) is 3.16. The highest BCUT2D eigenvalue weighted by Gasteiger charge is 2.39. The number of amides is 2. The molecule has 1 aromatic heterocycles. The molecule has 1 aliphatic rings. The number of hydrogen-bond acceptors (Lipinski definition) is 3. The van der Waals surface area contributed by atoms with E-state index in [1.165, 1.54) is 0 Å². The molecule has 0 saturated carbocycles. The number of nitrogens with one attached hydrogen (secondary N) is 1. The van der Waals surface area contributed by atoms with Gasteiger partial charge in [-0.2, -0.15) is 11.3 Å². The second-order valence-corrected chi connectivity index (χ2v) is 6.27. The topological polar surface area (TPSA) is 46.2 Å². The maximum Gasteiger partial charge on any atom is 0.230 e. The fourth-order valence-electron chi connectivity index (χ4n) is 2.41. The van der Waals surface area contributed by atoms with E-state index in [1.54, 1.807) is 11.3 Å². The first kappa shape index (κ1) is 12.8. The first-order valence-corrected chi connectivity index (χ1v) is 7.29. The summed E-state index contributed by atoms with van der Waals surface area (Å²) < 4.78 is 1.00. The zero-order valence-electron chi connectivity index (χ0n) is 9.70. The average Bonchev–Trinajstić information content (AvgIpc) is 2.62. The highest BCUT2D eigenvalue weighted by atomic mass is 79.9. The van der Waals surface area contributed by atoms with Crippen LogP contribution in [0.4, 0.5) is 0 Å². The third kappa shape index (κ3) is 2.45. The number of halogens is 1. The Labute approximate surface area is 113 Å². The fraction of sp³-hybridized carbons (Fsp3) is 0.500. The molecule has 3 nitrogen and oxygen atoms in total. The van der Waals surface area contributed by atoms with Gasteiger partial charge in [0.1, 0.15) is 0 Å². The first-order chi connectivity index (χ1) is 8.00. The van der Waals surface area contributed by atoms with E-state index in [4.69, 9.17) is 0 Å². The van der Waals surface area contributed by atoms with Crippen LogP contribution in [0.15, 0.2) is 15.2 Å². The highest BCUT2D eigenvalue weighted by Crippen LogP contribution is 2.40. The van der Waals surface area contributed by atoms with Gasteiger partial charge in [0.2, 0.25) is 11.8 Å². The Hall–Kier alpha value is -0.680. The van der Waals surface area contributed by atoms with E-state index in [2.05, 4.69) is 21.2 Å². The van der Waals surface area contributed by atoms with Gasteiger partial charge < -0.3 is 0 Å². The molecule has 0 aliphatic carbocycles. The fourth-order valence-corrected chi connectivity index (χ4v) is 4.06. The molecule has 0 spiro atoms. The van der Waals surface area contributed by atoms with Gasteiger partial charge in [-0.15, -0.1) is 0 Å². The molecular formula is C12H14BrNO2S. The minimum absolute atomic E-state index is 0.00289. The summed E-state index contributed by atoms with van der Waals surface area (Å²) >= 11 is 5.07. The molecule has 5 heteroatoms. The molecule has 17 heavy (non-hydrogen) atoms. The third-order valence-corrected chi connectivity index (χ3v) is 4.92. The molecule has 0 aromatic carbocycles. The number of imide groups is 1. The molecule has 1 aliphatic heterocycles. The monoisotopic (exact) mass is 315 g/mol. The minimum Gasteiger partial charge on any atom is -0.296 e. The molecule has 2 amide bonds. The van der Waals surface area contributed by atoms with Gasteiger partial charge in [-0.1, -0.05) is 13.8 Å². The summed E-state index contributed by atoms with van der Waals surface area (Å²) in [7, 11) is 0. The van der Waals surface area contributed by atoms with E-state index in [0.717, 1.165) is 10.0 Å². The average molecular weight is 316 g/mol. The largest absolute Gasteiger partial charge is 0.296 e. The Kier molecular flexibility index (Phi) is 3.68. The predicted octanol–water partition coefficient (Wildman–Crippen LogP) is 2.91. The van der Waals surface area contributed by atoms with Gasteiger partial charge in [0.05, 0.1) is 0 Å². The SMILES string of the molecule is CC(C)C1C(=O)NC(=O)CC1c1cscc1Br. The second-order valence-electron chi connectivity index (χ2n) is 4.67. The Morgan fingerprint density at radius 3 is 2.65 bits per heavy atom. The normalized spacial score (nSPS) is 25.2. The van der Waals surface area contributed by atoms with Crippen LogP contribution in [0.2, 0.25) is 0 Å². The van der Waals surface area contributed by atoms with E-state index in [1.807, 2.05) is 24.6 Å². The van der Waals surface area contributed by atoms with Crippen molar-refractivity contribution in [2.24, 2.45) is 11.8 Å². The van der Waals surface area contributed by atoms with Gasteiger partial charge in [-0.3, -0.25) is 14.9 Å². The molecule has 2 atom stereocenters. The van der Waals surface area contributed by atoms with Gasteiger partial charge in [0.25, 0.3) is 0 Å². The van der Waals surface area contributed by atoms with Crippen molar-refractivity contribution in [2.45, 2.75) is 26.2 Å². The number of carbonyl (C=O) groups is 2. The lowest BCUT2D eigenvalue weighted by Crippen LogP contribution is -2.46. The Morgan fingerprint density at radius 1 is 1.41 bits per heavy atom. The van der Waals surface area contributed by atoms with Crippen LogP contribution in [0.3, 0.4) is 0 Å². The molecule has 0 radical (unpaired) electrons. The number of thiophene rings is 1. The molecule has 2 heterocycles. The molecule has 1 saturated heterocycles. The van der Waals surface area contributed by atoms with Gasteiger partial charge in [0, 0.05) is 28.1 Å². The summed E-state index contributed by atoms with van der Waals surface area (Å²) in [5, 5.41) is 6.45. The van der Waals surface area contributed by atoms with Crippen molar-refractivity contribution in [3.8, 4) is 0 Å². The van der Waals surface area contributed by atoms with Gasteiger partial charge >= 0.3 is 0 Å². The smallest absolute Gasteiger partial charge is 0.230 e. The van der Waals surface area contributed by atoms with Gasteiger partial charge in [-0.25, -0.2) is 0 Å². The molecular weight excluding hydrogens is 302 g/mol. The maximum absolute atomic E-state index is 11.9. The van der Waals surface area contributed by atoms with Crippen molar-refractivity contribution in [1.82, 2.24) is 5.32 Å². The van der Waals surface area contributed by atoms with Crippen LogP contribution in [0.5, 0.6) is 0 Å². The standard InChI is InChI=1S/C12H14BrNO2S/c1-6(2)11-7(3-10(15)14-12(11)16)8-4-17-5-9(8)13/h4-7,11H,3H2,1-2H3,(H,14,15,16). The van der Waals surface area contributed by atoms with E-state index < -0.39 is 0 Å². The Morgan fingerprint density at radius 2 is 2.12 bits per heavy atom. The summed E-state index contributed by atoms with van der Waals surface area (Å²) in [5.41, 5.74) is 1.08. The van der Waals surface area contributed by atoms with Crippen molar-refractivity contribution in [3.05, 3.63) is 20.8 Å². The minimum atomic E-state index is -0.171. The number of carbonyl (C=O) groups excluding carboxylic acids is 2. The van der Waals surface area contributed by atoms with Crippen LogP contribution in [-0.4, -0.2) is 11.8 Å². The van der Waals surface area contributed by atoms with E-state index >= 15 is 0 Å². The lowest BCUT2D eigenvalue weighted by Gasteiger charge is -2.32. The van der Waals surface area contributed by atoms with Crippen molar-refractivity contribution in [3.63, 3.8) is 0 Å². The van der Waals surface area contributed by atoms with Crippen LogP contribution in [0.1, 0.15) is 31.7 Å². The maximum atomic E-state index is 11.9. The van der Waals surface area contributed by atoms with Crippen LogP contribution in [0, 0.1) is 11.8 Å². The van der Waals surface area contributed by atoms with Crippen molar-refractivity contribution < 1.29 is 9.59 Å². The number of rotatable bonds is 2. The summed E-state index contributed by atoms with van der Waals surface area (Å²) in [6.45, 7) is 4.04. The zero-order chi connectivity index (χ0) is 12.6. The Balaban J connectivity index is 2.37. The van der Waals surface area contributed by atoms with E-state index in [9.17, 15) is 9.59 Å². The molecule has 2 unspecified atom stereocenters. The number of piperidine rings is 1. The number of hydrogen-bond donors (Lipinski definition) is 1. The summed E-state index contributed by atoms with van der Waals surface area (Å²) in [5.74, 6) is -0.218. The molecule has 2 rings (SSSR count). The van der Waals surface area contributed by atoms with Gasteiger partial charge in [-0.05, 0) is 32.8 Å². The summed E-state index contributed by atoms with van der Waals surface area (Å²) in [4.78, 5) is 23.4. The van der Waals surface area contributed by atoms with E-state index in [-0.39, 0.29) is 29.6 Å². The lowest BCUT2D eigenvalue weighted by molar-refractivity contribution is -0.138. The predicted molar refractivity (Wildman–Crippen MR) is 70.9 cm³/mol. The first-order valence-electron chi connectivity index (χ1n) is 5.56. The van der Waals surface area contributed by atoms with Crippen LogP contribution < -0.4 is 5.32 Å². The Bertz CT molecular complexity index is 455. The highest BCUT2D eigenvalue weighted by molar-refractivity contribution is 9.10. The second kappa shape index (κ2) is 4.90. The molecule has 1 aromatic rings. The van der Waals surface area contributed by atoms with E-state index in [0.29, 0.717) is 6.42 Å².